The van der Waals surface area contributed by atoms with Gasteiger partial charge >= 0.3 is 5.69 Å². The summed E-state index contributed by atoms with van der Waals surface area (Å²) < 4.78 is 1.21. The molecule has 0 amide bonds. The summed E-state index contributed by atoms with van der Waals surface area (Å²) in [4.78, 5) is 35.2. The van der Waals surface area contributed by atoms with Crippen molar-refractivity contribution >= 4 is 23.0 Å². The van der Waals surface area contributed by atoms with Crippen LogP contribution in [0.4, 0.5) is 11.4 Å². The van der Waals surface area contributed by atoms with Gasteiger partial charge in [-0.3, -0.25) is 24.5 Å². The van der Waals surface area contributed by atoms with Crippen LogP contribution in [0.2, 0.25) is 5.02 Å². The number of nitrogens with one attached hydrogen (secondary N) is 2. The Labute approximate surface area is 123 Å². The highest BCUT2D eigenvalue weighted by molar-refractivity contribution is 6.30. The van der Waals surface area contributed by atoms with Gasteiger partial charge in [0.2, 0.25) is 0 Å². The maximum atomic E-state index is 11.7. The zero-order valence-corrected chi connectivity index (χ0v) is 11.7. The maximum Gasteiger partial charge on any atom is 0.328 e. The molecule has 0 aliphatic carbocycles. The van der Waals surface area contributed by atoms with Crippen LogP contribution in [0.1, 0.15) is 5.56 Å². The molecule has 2 rings (SSSR count). The van der Waals surface area contributed by atoms with Crippen LogP contribution in [0, 0.1) is 10.1 Å². The number of nitro groups is 1. The third kappa shape index (κ3) is 3.11. The molecule has 0 saturated heterocycles. The Bertz CT molecular complexity index is 812. The number of aromatic nitrogens is 2. The van der Waals surface area contributed by atoms with Crippen molar-refractivity contribution in [2.75, 3.05) is 12.4 Å². The van der Waals surface area contributed by atoms with E-state index in [1.165, 1.54) is 22.9 Å². The predicted molar refractivity (Wildman–Crippen MR) is 78.1 cm³/mol. The molecule has 1 aromatic carbocycles. The minimum atomic E-state index is -0.655. The molecule has 2 N–H and O–H groups in total. The number of nitro benzene ring substituents is 1. The summed E-state index contributed by atoms with van der Waals surface area (Å²) in [6.45, 7) is 0.127. The Morgan fingerprint density at radius 2 is 2.14 bits per heavy atom. The fourth-order valence-corrected chi connectivity index (χ4v) is 2.00. The molecule has 9 heteroatoms. The Morgan fingerprint density at radius 1 is 1.43 bits per heavy atom. The lowest BCUT2D eigenvalue weighted by molar-refractivity contribution is -0.383. The predicted octanol–water partition coefficient (Wildman–Crippen LogP) is 1.19. The van der Waals surface area contributed by atoms with E-state index >= 15 is 0 Å². The summed E-state index contributed by atoms with van der Waals surface area (Å²) in [5.41, 5.74) is -0.337. The zero-order chi connectivity index (χ0) is 15.6. The van der Waals surface area contributed by atoms with E-state index in [1.54, 1.807) is 13.1 Å². The molecule has 1 heterocycles. The average molecular weight is 311 g/mol. The Morgan fingerprint density at radius 3 is 2.76 bits per heavy atom. The quantitative estimate of drug-likeness (QED) is 0.651. The SMILES string of the molecule is CNc1cc(Cn2cc(Cl)c(=O)[nH]c2=O)ccc1[N+](=O)[O-]. The molecule has 0 aliphatic rings. The second kappa shape index (κ2) is 5.80. The Balaban J connectivity index is 2.41. The minimum Gasteiger partial charge on any atom is -0.383 e. The highest BCUT2D eigenvalue weighted by atomic mass is 35.5. The van der Waals surface area contributed by atoms with Crippen LogP contribution in [0.15, 0.2) is 34.0 Å². The molecule has 0 saturated carbocycles. The first-order chi connectivity index (χ1) is 9.92. The average Bonchev–Trinajstić information content (AvgIpc) is 2.44. The van der Waals surface area contributed by atoms with Gasteiger partial charge in [-0.15, -0.1) is 0 Å². The third-order valence-corrected chi connectivity index (χ3v) is 3.12. The molecule has 8 nitrogen and oxygen atoms in total. The summed E-state index contributed by atoms with van der Waals surface area (Å²) in [6, 6.07) is 4.44. The van der Waals surface area contributed by atoms with Crippen LogP contribution < -0.4 is 16.6 Å². The minimum absolute atomic E-state index is 0.0619. The van der Waals surface area contributed by atoms with E-state index in [1.807, 2.05) is 0 Å². The Hall–Kier alpha value is -2.61. The van der Waals surface area contributed by atoms with Gasteiger partial charge in [-0.2, -0.15) is 0 Å². The van der Waals surface area contributed by atoms with Gasteiger partial charge in [-0.1, -0.05) is 17.7 Å². The van der Waals surface area contributed by atoms with E-state index in [4.69, 9.17) is 11.6 Å². The van der Waals surface area contributed by atoms with E-state index in [2.05, 4.69) is 10.3 Å². The van der Waals surface area contributed by atoms with Gasteiger partial charge in [0.25, 0.3) is 11.2 Å². The lowest BCUT2D eigenvalue weighted by Crippen LogP contribution is -2.29. The molecule has 110 valence electrons. The van der Waals surface area contributed by atoms with Crippen molar-refractivity contribution < 1.29 is 4.92 Å². The summed E-state index contributed by atoms with van der Waals surface area (Å²) in [6.07, 6.45) is 1.23. The third-order valence-electron chi connectivity index (χ3n) is 2.85. The van der Waals surface area contributed by atoms with E-state index in [0.717, 1.165) is 0 Å². The molecule has 0 radical (unpaired) electrons. The summed E-state index contributed by atoms with van der Waals surface area (Å²) >= 11 is 5.67. The van der Waals surface area contributed by atoms with Crippen molar-refractivity contribution in [3.8, 4) is 0 Å². The van der Waals surface area contributed by atoms with Crippen LogP contribution in [0.5, 0.6) is 0 Å². The number of halogens is 1. The summed E-state index contributed by atoms with van der Waals surface area (Å²) in [5, 5.41) is 13.5. The molecule has 0 aliphatic heterocycles. The van der Waals surface area contributed by atoms with E-state index in [9.17, 15) is 19.7 Å². The maximum absolute atomic E-state index is 11.7. The molecule has 0 unspecified atom stereocenters. The van der Waals surface area contributed by atoms with E-state index in [-0.39, 0.29) is 17.3 Å². The molecule has 0 fully saturated rings. The van der Waals surface area contributed by atoms with Crippen molar-refractivity contribution in [3.05, 3.63) is 65.9 Å². The second-order valence-corrected chi connectivity index (χ2v) is 4.63. The monoisotopic (exact) mass is 310 g/mol. The summed E-state index contributed by atoms with van der Waals surface area (Å²) in [7, 11) is 1.56. The van der Waals surface area contributed by atoms with Crippen LogP contribution in [-0.2, 0) is 6.54 Å². The van der Waals surface area contributed by atoms with Crippen molar-refractivity contribution in [2.45, 2.75) is 6.54 Å². The number of nitrogens with zero attached hydrogens (tertiary/aromatic N) is 2. The molecule has 2 aromatic rings. The fraction of sp³-hybridized carbons (Fsp3) is 0.167. The highest BCUT2D eigenvalue weighted by Crippen LogP contribution is 2.25. The normalized spacial score (nSPS) is 10.4. The van der Waals surface area contributed by atoms with Gasteiger partial charge in [0.05, 0.1) is 11.5 Å². The molecule has 0 atom stereocenters. The molecule has 21 heavy (non-hydrogen) atoms. The first kappa shape index (κ1) is 14.8. The zero-order valence-electron chi connectivity index (χ0n) is 10.9. The number of anilines is 1. The van der Waals surface area contributed by atoms with Gasteiger partial charge in [-0.05, 0) is 11.6 Å². The second-order valence-electron chi connectivity index (χ2n) is 4.22. The number of hydrogen-bond donors (Lipinski definition) is 2. The fourth-order valence-electron chi connectivity index (χ4n) is 1.84. The number of benzene rings is 1. The highest BCUT2D eigenvalue weighted by Gasteiger charge is 2.13. The van der Waals surface area contributed by atoms with Gasteiger partial charge in [0.15, 0.2) is 0 Å². The van der Waals surface area contributed by atoms with Crippen molar-refractivity contribution in [1.29, 1.82) is 0 Å². The van der Waals surface area contributed by atoms with Gasteiger partial charge in [0, 0.05) is 19.3 Å². The largest absolute Gasteiger partial charge is 0.383 e. The Kier molecular flexibility index (Phi) is 4.08. The first-order valence-corrected chi connectivity index (χ1v) is 6.24. The van der Waals surface area contributed by atoms with Crippen molar-refractivity contribution in [2.24, 2.45) is 0 Å². The van der Waals surface area contributed by atoms with Gasteiger partial charge in [-0.25, -0.2) is 4.79 Å². The first-order valence-electron chi connectivity index (χ1n) is 5.86. The smallest absolute Gasteiger partial charge is 0.328 e. The molecule has 0 spiro atoms. The van der Waals surface area contributed by atoms with Crippen LogP contribution >= 0.6 is 11.6 Å². The van der Waals surface area contributed by atoms with Crippen LogP contribution in [0.3, 0.4) is 0 Å². The van der Waals surface area contributed by atoms with Gasteiger partial charge in [0.1, 0.15) is 10.7 Å². The van der Waals surface area contributed by atoms with Gasteiger partial charge < -0.3 is 5.32 Å². The number of aromatic amines is 1. The molecule has 0 bridgehead atoms. The van der Waals surface area contributed by atoms with Crippen molar-refractivity contribution in [1.82, 2.24) is 9.55 Å². The molecular weight excluding hydrogens is 300 g/mol. The van der Waals surface area contributed by atoms with Crippen LogP contribution in [0.25, 0.3) is 0 Å². The lowest BCUT2D eigenvalue weighted by Gasteiger charge is -2.08. The number of rotatable bonds is 4. The van der Waals surface area contributed by atoms with E-state index < -0.39 is 16.2 Å². The lowest BCUT2D eigenvalue weighted by atomic mass is 10.1. The molecule has 1 aromatic heterocycles. The number of H-pyrrole nitrogens is 1. The van der Waals surface area contributed by atoms with E-state index in [0.29, 0.717) is 11.3 Å². The summed E-state index contributed by atoms with van der Waals surface area (Å²) in [5.74, 6) is 0. The number of hydrogen-bond acceptors (Lipinski definition) is 5. The van der Waals surface area contributed by atoms with Crippen LogP contribution in [-0.4, -0.2) is 21.5 Å². The van der Waals surface area contributed by atoms with Crippen molar-refractivity contribution in [3.63, 3.8) is 0 Å². The topological polar surface area (TPSA) is 110 Å². The standard InChI is InChI=1S/C12H11ClN4O4/c1-14-9-4-7(2-3-10(9)17(20)21)5-16-6-8(13)11(18)15-12(16)19/h2-4,6,14H,5H2,1H3,(H,15,18,19). The molecular formula is C12H11ClN4O4.